The summed E-state index contributed by atoms with van der Waals surface area (Å²) in [5.74, 6) is 0.752. The summed E-state index contributed by atoms with van der Waals surface area (Å²) in [7, 11) is 0. The SMILES string of the molecule is N=C(N=C(NCc1ccc2oc3ccccc3c2c1)c1ccc2ccc3ccccc3c2c1)c1cc(-c2cccc3sc4ccccc4c23)cc2oc3ccccc3c12. The minimum Gasteiger partial charge on any atom is -0.456 e. The largest absolute Gasteiger partial charge is 0.456 e. The number of rotatable bonds is 5. The number of hydrogen-bond acceptors (Lipinski definition) is 4. The molecule has 0 spiro atoms. The van der Waals surface area contributed by atoms with Gasteiger partial charge in [-0.3, -0.25) is 5.41 Å². The molecule has 0 atom stereocenters. The minimum absolute atomic E-state index is 0.141. The summed E-state index contributed by atoms with van der Waals surface area (Å²) in [5.41, 5.74) is 7.99. The Morgan fingerprint density at radius 1 is 0.508 bits per heavy atom. The summed E-state index contributed by atoms with van der Waals surface area (Å²) in [6.07, 6.45) is 0. The molecule has 6 heteroatoms. The molecule has 3 aromatic heterocycles. The van der Waals surface area contributed by atoms with Crippen molar-refractivity contribution in [2.24, 2.45) is 4.99 Å². The van der Waals surface area contributed by atoms with Crippen LogP contribution in [0.5, 0.6) is 0 Å². The van der Waals surface area contributed by atoms with Crippen molar-refractivity contribution >= 4 is 109 Å². The fourth-order valence-electron chi connectivity index (χ4n) is 8.81. The zero-order chi connectivity index (χ0) is 39.0. The normalized spacial score (nSPS) is 12.3. The molecule has 0 fully saturated rings. The second-order valence-electron chi connectivity index (χ2n) is 15.1. The fraction of sp³-hybridized carbons (Fsp3) is 0.0189. The first-order chi connectivity index (χ1) is 29.1. The van der Waals surface area contributed by atoms with E-state index in [0.29, 0.717) is 17.9 Å². The molecule has 278 valence electrons. The molecule has 0 radical (unpaired) electrons. The summed E-state index contributed by atoms with van der Waals surface area (Å²) in [4.78, 5) is 5.23. The maximum Gasteiger partial charge on any atom is 0.155 e. The van der Waals surface area contributed by atoms with Crippen LogP contribution in [0.15, 0.2) is 190 Å². The third kappa shape index (κ3) is 5.52. The van der Waals surface area contributed by atoms with E-state index >= 15 is 0 Å². The number of nitrogens with one attached hydrogen (secondary N) is 2. The third-order valence-electron chi connectivity index (χ3n) is 11.6. The van der Waals surface area contributed by atoms with E-state index in [2.05, 4.69) is 139 Å². The summed E-state index contributed by atoms with van der Waals surface area (Å²) < 4.78 is 15.2. The van der Waals surface area contributed by atoms with E-state index in [9.17, 15) is 5.41 Å². The van der Waals surface area contributed by atoms with Crippen LogP contribution in [0.25, 0.3) is 96.7 Å². The summed E-state index contributed by atoms with van der Waals surface area (Å²) in [6, 6.07) is 61.1. The lowest BCUT2D eigenvalue weighted by Gasteiger charge is -2.14. The third-order valence-corrected chi connectivity index (χ3v) is 12.7. The van der Waals surface area contributed by atoms with Crippen molar-refractivity contribution in [1.29, 1.82) is 5.41 Å². The molecule has 0 aliphatic heterocycles. The van der Waals surface area contributed by atoms with Gasteiger partial charge >= 0.3 is 0 Å². The molecule has 0 unspecified atom stereocenters. The van der Waals surface area contributed by atoms with Crippen molar-refractivity contribution in [3.8, 4) is 11.1 Å². The van der Waals surface area contributed by atoms with E-state index in [-0.39, 0.29) is 5.84 Å². The predicted octanol–water partition coefficient (Wildman–Crippen LogP) is 14.4. The summed E-state index contributed by atoms with van der Waals surface area (Å²) in [5, 5.41) is 24.6. The second-order valence-corrected chi connectivity index (χ2v) is 16.2. The fourth-order valence-corrected chi connectivity index (χ4v) is 9.94. The van der Waals surface area contributed by atoms with Gasteiger partial charge in [-0.1, -0.05) is 121 Å². The zero-order valence-electron chi connectivity index (χ0n) is 31.6. The van der Waals surface area contributed by atoms with Gasteiger partial charge in [0.2, 0.25) is 0 Å². The van der Waals surface area contributed by atoms with Gasteiger partial charge in [0, 0.05) is 59.4 Å². The highest BCUT2D eigenvalue weighted by atomic mass is 32.1. The molecule has 12 rings (SSSR count). The van der Waals surface area contributed by atoms with Crippen LogP contribution in [0.3, 0.4) is 0 Å². The van der Waals surface area contributed by atoms with Crippen LogP contribution >= 0.6 is 11.3 Å². The van der Waals surface area contributed by atoms with Gasteiger partial charge in [-0.05, 0) is 92.8 Å². The second kappa shape index (κ2) is 13.3. The van der Waals surface area contributed by atoms with E-state index in [1.54, 1.807) is 11.3 Å². The maximum atomic E-state index is 9.90. The molecule has 0 aliphatic carbocycles. The van der Waals surface area contributed by atoms with Crippen molar-refractivity contribution < 1.29 is 8.83 Å². The topological polar surface area (TPSA) is 74.5 Å². The van der Waals surface area contributed by atoms with Crippen molar-refractivity contribution in [2.75, 3.05) is 0 Å². The first-order valence-corrected chi connectivity index (χ1v) is 20.5. The van der Waals surface area contributed by atoms with Crippen LogP contribution in [0.2, 0.25) is 0 Å². The van der Waals surface area contributed by atoms with Crippen LogP contribution in [0.4, 0.5) is 0 Å². The highest BCUT2D eigenvalue weighted by molar-refractivity contribution is 7.25. The average molecular weight is 776 g/mol. The van der Waals surface area contributed by atoms with Gasteiger partial charge in [0.1, 0.15) is 28.2 Å². The van der Waals surface area contributed by atoms with E-state index in [4.69, 9.17) is 13.8 Å². The Balaban J connectivity index is 1.04. The van der Waals surface area contributed by atoms with Crippen LogP contribution in [0, 0.1) is 5.41 Å². The van der Waals surface area contributed by atoms with E-state index in [1.807, 2.05) is 42.5 Å². The lowest BCUT2D eigenvalue weighted by Crippen LogP contribution is -2.25. The molecular formula is C53H33N3O2S. The highest BCUT2D eigenvalue weighted by Gasteiger charge is 2.20. The Bertz CT molecular complexity index is 3720. The van der Waals surface area contributed by atoms with Crippen LogP contribution in [0.1, 0.15) is 16.7 Å². The number of benzene rings is 9. The minimum atomic E-state index is 0.141. The smallest absolute Gasteiger partial charge is 0.155 e. The first-order valence-electron chi connectivity index (χ1n) is 19.7. The van der Waals surface area contributed by atoms with Gasteiger partial charge in [-0.15, -0.1) is 11.3 Å². The molecule has 9 aromatic carbocycles. The Labute approximate surface area is 342 Å². The summed E-state index contributed by atoms with van der Waals surface area (Å²) >= 11 is 1.80. The van der Waals surface area contributed by atoms with Gasteiger partial charge in [0.05, 0.1) is 0 Å². The number of amidine groups is 2. The first kappa shape index (κ1) is 33.6. The number of thiophene rings is 1. The predicted molar refractivity (Wildman–Crippen MR) is 247 cm³/mol. The monoisotopic (exact) mass is 775 g/mol. The Hall–Kier alpha value is -7.54. The van der Waals surface area contributed by atoms with Gasteiger partial charge in [-0.2, -0.15) is 0 Å². The van der Waals surface area contributed by atoms with E-state index in [0.717, 1.165) is 76.9 Å². The van der Waals surface area contributed by atoms with Crippen LogP contribution < -0.4 is 5.32 Å². The molecular weight excluding hydrogens is 743 g/mol. The zero-order valence-corrected chi connectivity index (χ0v) is 32.4. The molecule has 2 N–H and O–H groups in total. The quantitative estimate of drug-likeness (QED) is 0.104. The molecule has 59 heavy (non-hydrogen) atoms. The molecule has 3 heterocycles. The Morgan fingerprint density at radius 2 is 1.19 bits per heavy atom. The molecule has 0 aliphatic rings. The number of nitrogens with zero attached hydrogens (tertiary/aromatic N) is 1. The molecule has 0 saturated heterocycles. The van der Waals surface area contributed by atoms with Crippen molar-refractivity contribution in [1.82, 2.24) is 5.32 Å². The van der Waals surface area contributed by atoms with Gasteiger partial charge in [-0.25, -0.2) is 4.99 Å². The van der Waals surface area contributed by atoms with Gasteiger partial charge < -0.3 is 14.2 Å². The average Bonchev–Trinajstić information content (AvgIpc) is 3.98. The molecule has 0 bridgehead atoms. The maximum absolute atomic E-state index is 9.90. The number of hydrogen-bond donors (Lipinski definition) is 2. The van der Waals surface area contributed by atoms with E-state index < -0.39 is 0 Å². The molecule has 0 amide bonds. The van der Waals surface area contributed by atoms with Crippen molar-refractivity contribution in [3.63, 3.8) is 0 Å². The molecule has 0 saturated carbocycles. The number of aliphatic imine (C=N–C) groups is 1. The Morgan fingerprint density at radius 3 is 2.07 bits per heavy atom. The molecule has 12 aromatic rings. The number of fused-ring (bicyclic) bond motifs is 12. The lowest BCUT2D eigenvalue weighted by atomic mass is 9.95. The summed E-state index contributed by atoms with van der Waals surface area (Å²) in [6.45, 7) is 0.493. The van der Waals surface area contributed by atoms with Gasteiger partial charge in [0.25, 0.3) is 0 Å². The van der Waals surface area contributed by atoms with Crippen LogP contribution in [-0.2, 0) is 6.54 Å². The highest BCUT2D eigenvalue weighted by Crippen LogP contribution is 2.42. The van der Waals surface area contributed by atoms with E-state index in [1.165, 1.54) is 30.9 Å². The lowest BCUT2D eigenvalue weighted by molar-refractivity contribution is 0.668. The Kier molecular flexibility index (Phi) is 7.55. The number of para-hydroxylation sites is 2. The van der Waals surface area contributed by atoms with Crippen molar-refractivity contribution in [2.45, 2.75) is 6.54 Å². The van der Waals surface area contributed by atoms with Crippen LogP contribution in [-0.4, -0.2) is 11.7 Å². The van der Waals surface area contributed by atoms with Gasteiger partial charge in [0.15, 0.2) is 5.84 Å². The standard InChI is InChI=1S/C53H33N3O2S/c54-52(43-28-35(29-47-50(43)39-13-4-7-17-45(39)58-47)37-15-9-19-49-51(37)40-14-5-8-18-48(40)59-49)56-53(34-24-23-33-22-21-32-10-1-2-11-36(32)41(33)27-34)55-30-31-20-25-46-42(26-31)38-12-3-6-16-44(38)57-46/h1-29H,30H2,(H2,54,55,56). The number of furan rings is 2. The molecule has 5 nitrogen and oxygen atoms in total. The van der Waals surface area contributed by atoms with Crippen molar-refractivity contribution in [3.05, 3.63) is 193 Å².